The lowest BCUT2D eigenvalue weighted by atomic mass is 9.79. The second kappa shape index (κ2) is 7.61. The van der Waals surface area contributed by atoms with Crippen LogP contribution in [0.3, 0.4) is 0 Å². The van der Waals surface area contributed by atoms with Gasteiger partial charge in [-0.3, -0.25) is 4.90 Å². The molecule has 0 aromatic heterocycles. The summed E-state index contributed by atoms with van der Waals surface area (Å²) in [6.07, 6.45) is 4.67. The summed E-state index contributed by atoms with van der Waals surface area (Å²) in [5.74, 6) is 1.37. The summed E-state index contributed by atoms with van der Waals surface area (Å²) in [5, 5.41) is 0. The molecule has 114 valence electrons. The van der Waals surface area contributed by atoms with Gasteiger partial charge in [0.15, 0.2) is 0 Å². The van der Waals surface area contributed by atoms with Crippen molar-refractivity contribution in [2.24, 2.45) is 17.6 Å². The molecule has 0 aromatic rings. The molecule has 1 saturated heterocycles. The van der Waals surface area contributed by atoms with E-state index in [1.807, 2.05) is 0 Å². The molecule has 1 fully saturated rings. The maximum atomic E-state index is 6.24. The van der Waals surface area contributed by atoms with Crippen LogP contribution in [0.5, 0.6) is 0 Å². The number of likely N-dealkylation sites (N-methyl/N-ethyl adjacent to an activating group) is 1. The Hall–Kier alpha value is -0.120. The largest absolute Gasteiger partial charge is 0.381 e. The van der Waals surface area contributed by atoms with Gasteiger partial charge in [0.1, 0.15) is 0 Å². The number of hydrogen-bond acceptors (Lipinski definition) is 3. The Bertz CT molecular complexity index is 237. The fraction of sp³-hybridized carbons (Fsp3) is 1.00. The molecule has 3 heteroatoms. The summed E-state index contributed by atoms with van der Waals surface area (Å²) >= 11 is 0. The Labute approximate surface area is 119 Å². The number of nitrogens with two attached hydrogens (primary N) is 1. The summed E-state index contributed by atoms with van der Waals surface area (Å²) in [6, 6.07) is 0.634. The van der Waals surface area contributed by atoms with Gasteiger partial charge in [-0.2, -0.15) is 0 Å². The van der Waals surface area contributed by atoms with Crippen LogP contribution in [0.15, 0.2) is 0 Å². The van der Waals surface area contributed by atoms with Gasteiger partial charge in [0, 0.05) is 31.3 Å². The summed E-state index contributed by atoms with van der Waals surface area (Å²) in [5.41, 5.74) is 6.40. The Morgan fingerprint density at radius 1 is 1.11 bits per heavy atom. The second-order valence-corrected chi connectivity index (χ2v) is 7.08. The number of hydrogen-bond donors (Lipinski definition) is 1. The number of nitrogens with zero attached hydrogens (tertiary/aromatic N) is 1. The Kier molecular flexibility index (Phi) is 6.78. The lowest BCUT2D eigenvalue weighted by Gasteiger charge is -2.48. The highest BCUT2D eigenvalue weighted by Crippen LogP contribution is 2.33. The van der Waals surface area contributed by atoms with Gasteiger partial charge < -0.3 is 10.5 Å². The highest BCUT2D eigenvalue weighted by Gasteiger charge is 2.38. The first-order valence-corrected chi connectivity index (χ1v) is 7.92. The number of rotatable bonds is 7. The van der Waals surface area contributed by atoms with Gasteiger partial charge >= 0.3 is 0 Å². The van der Waals surface area contributed by atoms with Gasteiger partial charge in [0.05, 0.1) is 0 Å². The molecule has 0 radical (unpaired) electrons. The molecule has 0 aliphatic carbocycles. The number of ether oxygens (including phenoxy) is 1. The van der Waals surface area contributed by atoms with Gasteiger partial charge in [-0.25, -0.2) is 0 Å². The molecule has 0 spiro atoms. The second-order valence-electron chi connectivity index (χ2n) is 7.08. The molecule has 1 aliphatic heterocycles. The third-order valence-electron chi connectivity index (χ3n) is 4.44. The third-order valence-corrected chi connectivity index (χ3v) is 4.44. The maximum Gasteiger partial charge on any atom is 0.0480 e. The molecule has 0 saturated carbocycles. The summed E-state index contributed by atoms with van der Waals surface area (Å²) in [4.78, 5) is 2.59. The van der Waals surface area contributed by atoms with E-state index in [0.29, 0.717) is 17.9 Å². The zero-order valence-electron chi connectivity index (χ0n) is 13.6. The van der Waals surface area contributed by atoms with Crippen molar-refractivity contribution >= 4 is 0 Å². The van der Waals surface area contributed by atoms with Crippen molar-refractivity contribution in [3.05, 3.63) is 0 Å². The fourth-order valence-corrected chi connectivity index (χ4v) is 3.66. The van der Waals surface area contributed by atoms with Gasteiger partial charge in [-0.15, -0.1) is 0 Å². The van der Waals surface area contributed by atoms with E-state index in [-0.39, 0.29) is 5.54 Å². The topological polar surface area (TPSA) is 38.5 Å². The van der Waals surface area contributed by atoms with E-state index in [4.69, 9.17) is 10.5 Å². The molecule has 1 rings (SSSR count). The van der Waals surface area contributed by atoms with E-state index in [0.717, 1.165) is 32.6 Å². The fourth-order valence-electron chi connectivity index (χ4n) is 3.66. The van der Waals surface area contributed by atoms with E-state index >= 15 is 0 Å². The molecule has 0 atom stereocenters. The molecule has 19 heavy (non-hydrogen) atoms. The molecule has 0 unspecified atom stereocenters. The summed E-state index contributed by atoms with van der Waals surface area (Å²) in [6.45, 7) is 11.8. The molecule has 0 amide bonds. The van der Waals surface area contributed by atoms with Gasteiger partial charge in [-0.1, -0.05) is 27.7 Å². The van der Waals surface area contributed by atoms with Gasteiger partial charge in [0.2, 0.25) is 0 Å². The average Bonchev–Trinajstić information content (AvgIpc) is 2.36. The van der Waals surface area contributed by atoms with Crippen molar-refractivity contribution in [3.63, 3.8) is 0 Å². The van der Waals surface area contributed by atoms with Crippen LogP contribution in [0.1, 0.15) is 53.4 Å². The third kappa shape index (κ3) is 4.73. The van der Waals surface area contributed by atoms with E-state index in [1.165, 1.54) is 12.8 Å². The summed E-state index contributed by atoms with van der Waals surface area (Å²) < 4.78 is 5.50. The minimum Gasteiger partial charge on any atom is -0.381 e. The smallest absolute Gasteiger partial charge is 0.0480 e. The molecule has 2 N–H and O–H groups in total. The van der Waals surface area contributed by atoms with Crippen molar-refractivity contribution in [1.29, 1.82) is 0 Å². The van der Waals surface area contributed by atoms with Crippen LogP contribution < -0.4 is 5.73 Å². The van der Waals surface area contributed by atoms with E-state index in [2.05, 4.69) is 39.6 Å². The minimum atomic E-state index is 0.157. The zero-order chi connectivity index (χ0) is 14.5. The minimum absolute atomic E-state index is 0.157. The quantitative estimate of drug-likeness (QED) is 0.773. The predicted octanol–water partition coefficient (Wildman–Crippen LogP) is 2.89. The predicted molar refractivity (Wildman–Crippen MR) is 82.3 cm³/mol. The Morgan fingerprint density at radius 3 is 1.95 bits per heavy atom. The van der Waals surface area contributed by atoms with Crippen LogP contribution in [0, 0.1) is 11.8 Å². The van der Waals surface area contributed by atoms with Crippen molar-refractivity contribution in [1.82, 2.24) is 4.90 Å². The Morgan fingerprint density at radius 2 is 1.58 bits per heavy atom. The monoisotopic (exact) mass is 270 g/mol. The van der Waals surface area contributed by atoms with Crippen LogP contribution in [-0.4, -0.2) is 43.3 Å². The highest BCUT2D eigenvalue weighted by atomic mass is 16.5. The van der Waals surface area contributed by atoms with E-state index < -0.39 is 0 Å². The molecule has 0 aromatic carbocycles. The first-order valence-electron chi connectivity index (χ1n) is 7.92. The average molecular weight is 270 g/mol. The lowest BCUT2D eigenvalue weighted by molar-refractivity contribution is -0.0174. The van der Waals surface area contributed by atoms with Crippen molar-refractivity contribution in [3.8, 4) is 0 Å². The van der Waals surface area contributed by atoms with Crippen molar-refractivity contribution in [2.45, 2.75) is 65.0 Å². The molecular formula is C16H34N2O. The standard InChI is InChI=1S/C16H34N2O/c1-13(2)10-16(12-17,11-14(3)4)18(5)15-6-8-19-9-7-15/h13-15H,6-12,17H2,1-5H3. The van der Waals surface area contributed by atoms with Crippen LogP contribution in [0.4, 0.5) is 0 Å². The first-order chi connectivity index (χ1) is 8.91. The SMILES string of the molecule is CC(C)CC(CN)(CC(C)C)N(C)C1CCOCC1. The zero-order valence-corrected chi connectivity index (χ0v) is 13.6. The Balaban J connectivity index is 2.84. The van der Waals surface area contributed by atoms with Gasteiger partial charge in [-0.05, 0) is 44.6 Å². The van der Waals surface area contributed by atoms with Crippen LogP contribution in [0.25, 0.3) is 0 Å². The van der Waals surface area contributed by atoms with Crippen LogP contribution in [0.2, 0.25) is 0 Å². The van der Waals surface area contributed by atoms with Crippen LogP contribution >= 0.6 is 0 Å². The molecule has 1 heterocycles. The van der Waals surface area contributed by atoms with E-state index in [1.54, 1.807) is 0 Å². The molecule has 1 aliphatic rings. The molecule has 0 bridgehead atoms. The molecular weight excluding hydrogens is 236 g/mol. The van der Waals surface area contributed by atoms with Gasteiger partial charge in [0.25, 0.3) is 0 Å². The van der Waals surface area contributed by atoms with Crippen molar-refractivity contribution in [2.75, 3.05) is 26.8 Å². The first kappa shape index (κ1) is 16.9. The highest BCUT2D eigenvalue weighted by molar-refractivity contribution is 4.95. The van der Waals surface area contributed by atoms with E-state index in [9.17, 15) is 0 Å². The van der Waals surface area contributed by atoms with Crippen molar-refractivity contribution < 1.29 is 4.74 Å². The normalized spacial score (nSPS) is 18.8. The van der Waals surface area contributed by atoms with Crippen LogP contribution in [-0.2, 0) is 4.74 Å². The maximum absolute atomic E-state index is 6.24. The molecule has 3 nitrogen and oxygen atoms in total. The lowest BCUT2D eigenvalue weighted by Crippen LogP contribution is -2.58. The summed E-state index contributed by atoms with van der Waals surface area (Å²) in [7, 11) is 2.29.